The number of hydrogen-bond donors (Lipinski definition) is 0. The standard InChI is InChI=1S/C17H19NO/c18-11-15-3-1-2-4-16(15)19-17-8-12-5-13(9-17)7-14(6-12)10-17/h1-4,12-14H,5-10H2. The Labute approximate surface area is 114 Å². The predicted octanol–water partition coefficient (Wildman–Crippen LogP) is 3.91. The van der Waals surface area contributed by atoms with Gasteiger partial charge in [-0.05, 0) is 68.4 Å². The van der Waals surface area contributed by atoms with E-state index in [0.717, 1.165) is 23.5 Å². The Hall–Kier alpha value is -1.49. The molecule has 4 saturated carbocycles. The van der Waals surface area contributed by atoms with E-state index in [0.29, 0.717) is 5.56 Å². The van der Waals surface area contributed by atoms with E-state index in [4.69, 9.17) is 4.74 Å². The highest BCUT2D eigenvalue weighted by Gasteiger charge is 2.52. The summed E-state index contributed by atoms with van der Waals surface area (Å²) >= 11 is 0. The molecule has 1 aromatic rings. The largest absolute Gasteiger partial charge is 0.486 e. The van der Waals surface area contributed by atoms with Crippen molar-refractivity contribution in [1.29, 1.82) is 5.26 Å². The maximum Gasteiger partial charge on any atom is 0.137 e. The summed E-state index contributed by atoms with van der Waals surface area (Å²) in [6.07, 6.45) is 7.88. The summed E-state index contributed by atoms with van der Waals surface area (Å²) in [7, 11) is 0. The maximum atomic E-state index is 9.20. The van der Waals surface area contributed by atoms with E-state index < -0.39 is 0 Å². The Bertz CT molecular complexity index is 507. The zero-order chi connectivity index (χ0) is 12.9. The molecule has 2 nitrogen and oxygen atoms in total. The fourth-order valence-electron chi connectivity index (χ4n) is 5.04. The van der Waals surface area contributed by atoms with Crippen LogP contribution in [0, 0.1) is 29.1 Å². The second-order valence-electron chi connectivity index (χ2n) is 6.81. The molecule has 0 unspecified atom stereocenters. The summed E-state index contributed by atoms with van der Waals surface area (Å²) in [6.45, 7) is 0. The topological polar surface area (TPSA) is 33.0 Å². The first kappa shape index (κ1) is 11.3. The summed E-state index contributed by atoms with van der Waals surface area (Å²) in [4.78, 5) is 0. The van der Waals surface area contributed by atoms with E-state index in [1.807, 2.05) is 24.3 Å². The molecule has 0 aliphatic heterocycles. The summed E-state index contributed by atoms with van der Waals surface area (Å²) in [5, 5.41) is 9.20. The summed E-state index contributed by atoms with van der Waals surface area (Å²) in [5.74, 6) is 3.42. The summed E-state index contributed by atoms with van der Waals surface area (Å²) < 4.78 is 6.41. The fraction of sp³-hybridized carbons (Fsp3) is 0.588. The molecular formula is C17H19NO. The third kappa shape index (κ3) is 1.84. The van der Waals surface area contributed by atoms with Crippen molar-refractivity contribution < 1.29 is 4.74 Å². The number of ether oxygens (including phenoxy) is 1. The smallest absolute Gasteiger partial charge is 0.137 e. The van der Waals surface area contributed by atoms with Crippen molar-refractivity contribution in [3.05, 3.63) is 29.8 Å². The van der Waals surface area contributed by atoms with Crippen molar-refractivity contribution >= 4 is 0 Å². The first-order valence-electron chi connectivity index (χ1n) is 7.44. The molecule has 0 amide bonds. The van der Waals surface area contributed by atoms with Crippen LogP contribution in [0.5, 0.6) is 5.75 Å². The molecule has 0 atom stereocenters. The second-order valence-corrected chi connectivity index (χ2v) is 6.81. The summed E-state index contributed by atoms with van der Waals surface area (Å²) in [6, 6.07) is 9.94. The summed E-state index contributed by atoms with van der Waals surface area (Å²) in [5.41, 5.74) is 0.722. The first-order valence-corrected chi connectivity index (χ1v) is 7.44. The van der Waals surface area contributed by atoms with Crippen molar-refractivity contribution in [2.75, 3.05) is 0 Å². The molecule has 0 aromatic heterocycles. The van der Waals surface area contributed by atoms with Crippen molar-refractivity contribution in [2.45, 2.75) is 44.1 Å². The lowest BCUT2D eigenvalue weighted by Gasteiger charge is -2.56. The van der Waals surface area contributed by atoms with Crippen molar-refractivity contribution in [3.8, 4) is 11.8 Å². The van der Waals surface area contributed by atoms with Crippen LogP contribution in [0.4, 0.5) is 0 Å². The van der Waals surface area contributed by atoms with Gasteiger partial charge in [0.1, 0.15) is 17.4 Å². The highest BCUT2D eigenvalue weighted by molar-refractivity contribution is 5.43. The monoisotopic (exact) mass is 253 g/mol. The molecule has 0 N–H and O–H groups in total. The molecule has 2 heteroatoms. The van der Waals surface area contributed by atoms with Gasteiger partial charge in [0.15, 0.2) is 0 Å². The minimum Gasteiger partial charge on any atom is -0.486 e. The molecule has 0 saturated heterocycles. The van der Waals surface area contributed by atoms with Gasteiger partial charge in [-0.25, -0.2) is 0 Å². The molecular weight excluding hydrogens is 234 g/mol. The van der Waals surface area contributed by atoms with E-state index in [2.05, 4.69) is 6.07 Å². The highest BCUT2D eigenvalue weighted by atomic mass is 16.5. The van der Waals surface area contributed by atoms with Crippen LogP contribution in [0.25, 0.3) is 0 Å². The number of nitrogens with zero attached hydrogens (tertiary/aromatic N) is 1. The van der Waals surface area contributed by atoms with Gasteiger partial charge in [0.25, 0.3) is 0 Å². The third-order valence-corrected chi connectivity index (χ3v) is 5.32. The minimum atomic E-state index is 0.0434. The van der Waals surface area contributed by atoms with Crippen LogP contribution < -0.4 is 4.74 Å². The predicted molar refractivity (Wildman–Crippen MR) is 72.7 cm³/mol. The SMILES string of the molecule is N#Cc1ccccc1OC12CC3CC(CC(C3)C1)C2. The van der Waals surface area contributed by atoms with Gasteiger partial charge in [0.05, 0.1) is 5.56 Å². The van der Waals surface area contributed by atoms with Crippen LogP contribution in [0.15, 0.2) is 24.3 Å². The Morgan fingerprint density at radius 3 is 2.16 bits per heavy atom. The molecule has 0 spiro atoms. The number of para-hydroxylation sites is 1. The van der Waals surface area contributed by atoms with Gasteiger partial charge in [-0.2, -0.15) is 5.26 Å². The van der Waals surface area contributed by atoms with Gasteiger partial charge in [-0.3, -0.25) is 0 Å². The normalized spacial score (nSPS) is 39.0. The Morgan fingerprint density at radius 2 is 1.58 bits per heavy atom. The lowest BCUT2D eigenvalue weighted by Crippen LogP contribution is -2.53. The Balaban J connectivity index is 1.64. The quantitative estimate of drug-likeness (QED) is 0.800. The van der Waals surface area contributed by atoms with Crippen molar-refractivity contribution in [2.24, 2.45) is 17.8 Å². The van der Waals surface area contributed by atoms with Crippen LogP contribution in [-0.2, 0) is 0 Å². The lowest BCUT2D eigenvalue weighted by molar-refractivity contribution is -0.107. The van der Waals surface area contributed by atoms with Crippen LogP contribution >= 0.6 is 0 Å². The van der Waals surface area contributed by atoms with Crippen LogP contribution in [0.3, 0.4) is 0 Å². The number of hydrogen-bond acceptors (Lipinski definition) is 2. The molecule has 19 heavy (non-hydrogen) atoms. The van der Waals surface area contributed by atoms with E-state index in [9.17, 15) is 5.26 Å². The number of rotatable bonds is 2. The minimum absolute atomic E-state index is 0.0434. The highest BCUT2D eigenvalue weighted by Crippen LogP contribution is 2.57. The Kier molecular flexibility index (Phi) is 2.39. The number of benzene rings is 1. The van der Waals surface area contributed by atoms with Gasteiger partial charge < -0.3 is 4.74 Å². The zero-order valence-electron chi connectivity index (χ0n) is 11.1. The average Bonchev–Trinajstić information content (AvgIpc) is 2.37. The van der Waals surface area contributed by atoms with E-state index in [1.165, 1.54) is 38.5 Å². The Morgan fingerprint density at radius 1 is 1.00 bits per heavy atom. The average molecular weight is 253 g/mol. The van der Waals surface area contributed by atoms with Crippen molar-refractivity contribution in [3.63, 3.8) is 0 Å². The van der Waals surface area contributed by atoms with Gasteiger partial charge in [0, 0.05) is 0 Å². The number of nitriles is 1. The molecule has 0 radical (unpaired) electrons. The molecule has 1 aromatic carbocycles. The van der Waals surface area contributed by atoms with E-state index in [-0.39, 0.29) is 5.60 Å². The van der Waals surface area contributed by atoms with Crippen LogP contribution in [-0.4, -0.2) is 5.60 Å². The molecule has 4 aliphatic carbocycles. The molecule has 4 bridgehead atoms. The van der Waals surface area contributed by atoms with Gasteiger partial charge in [-0.15, -0.1) is 0 Å². The fourth-order valence-corrected chi connectivity index (χ4v) is 5.04. The van der Waals surface area contributed by atoms with Gasteiger partial charge >= 0.3 is 0 Å². The lowest BCUT2D eigenvalue weighted by atomic mass is 9.54. The van der Waals surface area contributed by atoms with E-state index >= 15 is 0 Å². The van der Waals surface area contributed by atoms with Gasteiger partial charge in [0.2, 0.25) is 0 Å². The molecule has 4 aliphatic rings. The molecule has 4 fully saturated rings. The van der Waals surface area contributed by atoms with Crippen molar-refractivity contribution in [1.82, 2.24) is 0 Å². The molecule has 98 valence electrons. The first-order chi connectivity index (χ1) is 9.26. The maximum absolute atomic E-state index is 9.20. The molecule has 0 heterocycles. The van der Waals surface area contributed by atoms with Crippen LogP contribution in [0.1, 0.15) is 44.1 Å². The second kappa shape index (κ2) is 4.00. The van der Waals surface area contributed by atoms with E-state index in [1.54, 1.807) is 0 Å². The van der Waals surface area contributed by atoms with Gasteiger partial charge in [-0.1, -0.05) is 12.1 Å². The molecule has 5 rings (SSSR count). The third-order valence-electron chi connectivity index (χ3n) is 5.32. The van der Waals surface area contributed by atoms with Crippen LogP contribution in [0.2, 0.25) is 0 Å². The zero-order valence-corrected chi connectivity index (χ0v) is 11.1.